The molecule has 2 rings (SSSR count). The fourth-order valence-electron chi connectivity index (χ4n) is 2.38. The van der Waals surface area contributed by atoms with E-state index in [9.17, 15) is 4.79 Å². The Balaban J connectivity index is 1.96. The molecule has 0 aromatic carbocycles. The van der Waals surface area contributed by atoms with Crippen LogP contribution in [0.15, 0.2) is 17.9 Å². The normalized spacial score (nSPS) is 13.7. The molecule has 8 heteroatoms. The molecular weight excluding hydrogens is 338 g/mol. The van der Waals surface area contributed by atoms with E-state index in [1.165, 1.54) is 0 Å². The van der Waals surface area contributed by atoms with Gasteiger partial charge in [-0.1, -0.05) is 13.8 Å². The lowest BCUT2D eigenvalue weighted by molar-refractivity contribution is 0.0827. The molecule has 0 fully saturated rings. The summed E-state index contributed by atoms with van der Waals surface area (Å²) in [4.78, 5) is 25.9. The van der Waals surface area contributed by atoms with Gasteiger partial charge in [-0.15, -0.1) is 11.3 Å². The number of nitrogens with one attached hydrogen (secondary N) is 2. The lowest BCUT2D eigenvalue weighted by Gasteiger charge is -2.26. The zero-order valence-electron chi connectivity index (χ0n) is 15.4. The van der Waals surface area contributed by atoms with Crippen molar-refractivity contribution in [1.82, 2.24) is 25.2 Å². The third-order valence-corrected chi connectivity index (χ3v) is 5.25. The van der Waals surface area contributed by atoms with E-state index in [1.54, 1.807) is 42.9 Å². The van der Waals surface area contributed by atoms with Gasteiger partial charge in [-0.2, -0.15) is 0 Å². The van der Waals surface area contributed by atoms with Crippen LogP contribution in [0, 0.1) is 0 Å². The summed E-state index contributed by atoms with van der Waals surface area (Å²) in [7, 11) is 3.41. The van der Waals surface area contributed by atoms with Crippen molar-refractivity contribution in [3.63, 3.8) is 0 Å². The topological polar surface area (TPSA) is 83.1 Å². The maximum Gasteiger partial charge on any atom is 0.317 e. The van der Waals surface area contributed by atoms with Gasteiger partial charge in [0.25, 0.3) is 0 Å². The predicted molar refractivity (Wildman–Crippen MR) is 98.8 cm³/mol. The molecule has 0 aliphatic rings. The number of aromatic nitrogens is 3. The summed E-state index contributed by atoms with van der Waals surface area (Å²) in [5.41, 5.74) is 1.87. The third kappa shape index (κ3) is 5.54. The van der Waals surface area contributed by atoms with Crippen molar-refractivity contribution >= 4 is 17.4 Å². The maximum absolute atomic E-state index is 12.6. The SMILES string of the molecule is COC(C)C(Cc1cnc[nH]1)NC(=O)N(C)Cc1csc(C(C)C)n1. The van der Waals surface area contributed by atoms with Crippen molar-refractivity contribution in [2.45, 2.75) is 51.8 Å². The number of thiazole rings is 1. The Hall–Kier alpha value is -1.93. The van der Waals surface area contributed by atoms with Crippen LogP contribution in [-0.4, -0.2) is 52.2 Å². The van der Waals surface area contributed by atoms with Crippen molar-refractivity contribution in [2.75, 3.05) is 14.2 Å². The van der Waals surface area contributed by atoms with E-state index in [0.717, 1.165) is 16.4 Å². The Morgan fingerprint density at radius 3 is 2.76 bits per heavy atom. The van der Waals surface area contributed by atoms with Crippen molar-refractivity contribution in [1.29, 1.82) is 0 Å². The highest BCUT2D eigenvalue weighted by Gasteiger charge is 2.22. The second-order valence-corrected chi connectivity index (χ2v) is 7.36. The van der Waals surface area contributed by atoms with Crippen molar-refractivity contribution in [3.05, 3.63) is 34.3 Å². The predicted octanol–water partition coefficient (Wildman–Crippen LogP) is 2.78. The Morgan fingerprint density at radius 2 is 2.20 bits per heavy atom. The smallest absolute Gasteiger partial charge is 0.317 e. The number of amides is 2. The molecule has 2 N–H and O–H groups in total. The molecule has 2 aromatic heterocycles. The number of carbonyl (C=O) groups excluding carboxylic acids is 1. The fraction of sp³-hybridized carbons (Fsp3) is 0.588. The minimum Gasteiger partial charge on any atom is -0.380 e. The number of hydrogen-bond acceptors (Lipinski definition) is 5. The average Bonchev–Trinajstić information content (AvgIpc) is 3.25. The highest BCUT2D eigenvalue weighted by Crippen LogP contribution is 2.19. The monoisotopic (exact) mass is 365 g/mol. The van der Waals surface area contributed by atoms with Gasteiger partial charge in [0.2, 0.25) is 0 Å². The molecule has 0 radical (unpaired) electrons. The maximum atomic E-state index is 12.6. The summed E-state index contributed by atoms with van der Waals surface area (Å²) in [5, 5.41) is 6.15. The van der Waals surface area contributed by atoms with Crippen LogP contribution in [-0.2, 0) is 17.7 Å². The lowest BCUT2D eigenvalue weighted by atomic mass is 10.1. The average molecular weight is 366 g/mol. The van der Waals surface area contributed by atoms with E-state index in [-0.39, 0.29) is 18.2 Å². The molecule has 2 atom stereocenters. The van der Waals surface area contributed by atoms with Crippen LogP contribution in [0.1, 0.15) is 43.1 Å². The summed E-state index contributed by atoms with van der Waals surface area (Å²) in [6.45, 7) is 6.65. The van der Waals surface area contributed by atoms with Crippen LogP contribution < -0.4 is 5.32 Å². The minimum atomic E-state index is -0.151. The molecule has 0 aliphatic heterocycles. The molecule has 2 heterocycles. The molecule has 0 saturated carbocycles. The molecule has 2 aromatic rings. The van der Waals surface area contributed by atoms with E-state index < -0.39 is 0 Å². The van der Waals surface area contributed by atoms with Gasteiger partial charge >= 0.3 is 6.03 Å². The number of rotatable bonds is 8. The Kier molecular flexibility index (Phi) is 6.95. The van der Waals surface area contributed by atoms with Gasteiger partial charge in [0.15, 0.2) is 0 Å². The van der Waals surface area contributed by atoms with Gasteiger partial charge in [0.05, 0.1) is 35.7 Å². The fourth-order valence-corrected chi connectivity index (χ4v) is 3.20. The molecule has 25 heavy (non-hydrogen) atoms. The second-order valence-electron chi connectivity index (χ2n) is 6.47. The van der Waals surface area contributed by atoms with E-state index >= 15 is 0 Å². The lowest BCUT2D eigenvalue weighted by Crippen LogP contribution is -2.49. The summed E-state index contributed by atoms with van der Waals surface area (Å²) < 4.78 is 5.41. The van der Waals surface area contributed by atoms with Gasteiger partial charge in [-0.05, 0) is 6.92 Å². The molecular formula is C17H27N5O2S. The molecule has 0 bridgehead atoms. The largest absolute Gasteiger partial charge is 0.380 e. The number of ether oxygens (including phenoxy) is 1. The van der Waals surface area contributed by atoms with Crippen molar-refractivity contribution in [3.8, 4) is 0 Å². The third-order valence-electron chi connectivity index (χ3n) is 4.05. The zero-order chi connectivity index (χ0) is 18.4. The van der Waals surface area contributed by atoms with Crippen LogP contribution in [0.2, 0.25) is 0 Å². The molecule has 2 amide bonds. The van der Waals surface area contributed by atoms with Gasteiger partial charge in [0.1, 0.15) is 0 Å². The summed E-state index contributed by atoms with van der Waals surface area (Å²) in [6, 6.07) is -0.297. The first-order valence-corrected chi connectivity index (χ1v) is 9.24. The minimum absolute atomic E-state index is 0.118. The number of carbonyl (C=O) groups is 1. The number of urea groups is 1. The number of hydrogen-bond donors (Lipinski definition) is 2. The first-order valence-electron chi connectivity index (χ1n) is 8.36. The van der Waals surface area contributed by atoms with Crippen LogP contribution in [0.4, 0.5) is 4.79 Å². The standard InChI is InChI=1S/C17H27N5O2S/c1-11(2)16-20-14(9-25-16)8-22(4)17(23)21-15(12(3)24-5)6-13-7-18-10-19-13/h7,9-12,15H,6,8H2,1-5H3,(H,18,19)(H,21,23). The second kappa shape index (κ2) is 8.96. The van der Waals surface area contributed by atoms with Crippen LogP contribution in [0.3, 0.4) is 0 Å². The highest BCUT2D eigenvalue weighted by atomic mass is 32.1. The molecule has 0 aliphatic carbocycles. The quantitative estimate of drug-likeness (QED) is 0.753. The first kappa shape index (κ1) is 19.4. The van der Waals surface area contributed by atoms with Crippen molar-refractivity contribution in [2.24, 2.45) is 0 Å². The Labute approximate surface area is 152 Å². The van der Waals surface area contributed by atoms with E-state index in [2.05, 4.69) is 34.1 Å². The first-order chi connectivity index (χ1) is 11.9. The summed E-state index contributed by atoms with van der Waals surface area (Å²) >= 11 is 1.64. The Morgan fingerprint density at radius 1 is 1.44 bits per heavy atom. The number of methoxy groups -OCH3 is 1. The molecule has 2 unspecified atom stereocenters. The van der Waals surface area contributed by atoms with Gasteiger partial charge in [-0.25, -0.2) is 14.8 Å². The highest BCUT2D eigenvalue weighted by molar-refractivity contribution is 7.09. The van der Waals surface area contributed by atoms with Crippen LogP contribution >= 0.6 is 11.3 Å². The van der Waals surface area contributed by atoms with E-state index in [4.69, 9.17) is 4.74 Å². The van der Waals surface area contributed by atoms with E-state index in [1.807, 2.05) is 12.3 Å². The number of imidazole rings is 1. The van der Waals surface area contributed by atoms with Crippen LogP contribution in [0.25, 0.3) is 0 Å². The molecule has 0 spiro atoms. The molecule has 138 valence electrons. The van der Waals surface area contributed by atoms with Gasteiger partial charge in [-0.3, -0.25) is 0 Å². The van der Waals surface area contributed by atoms with E-state index in [0.29, 0.717) is 18.9 Å². The summed E-state index contributed by atoms with van der Waals surface area (Å²) in [5.74, 6) is 0.402. The van der Waals surface area contributed by atoms with Crippen molar-refractivity contribution < 1.29 is 9.53 Å². The van der Waals surface area contributed by atoms with Gasteiger partial charge < -0.3 is 19.9 Å². The number of nitrogens with zero attached hydrogens (tertiary/aromatic N) is 3. The zero-order valence-corrected chi connectivity index (χ0v) is 16.3. The molecule has 7 nitrogen and oxygen atoms in total. The Bertz CT molecular complexity index is 656. The van der Waals surface area contributed by atoms with Crippen LogP contribution in [0.5, 0.6) is 0 Å². The molecule has 0 saturated heterocycles. The number of H-pyrrole nitrogens is 1. The summed E-state index contributed by atoms with van der Waals surface area (Å²) in [6.07, 6.45) is 3.90. The number of aromatic amines is 1. The van der Waals surface area contributed by atoms with Gasteiger partial charge in [0, 0.05) is 43.8 Å².